The van der Waals surface area contributed by atoms with E-state index in [-0.39, 0.29) is 31.2 Å². The molecular formula is C20H27N3O5. The average molecular weight is 389 g/mol. The van der Waals surface area contributed by atoms with E-state index in [1.54, 1.807) is 9.80 Å². The van der Waals surface area contributed by atoms with Crippen LogP contribution in [0.5, 0.6) is 0 Å². The number of amides is 3. The van der Waals surface area contributed by atoms with Gasteiger partial charge in [0.1, 0.15) is 18.8 Å². The van der Waals surface area contributed by atoms with E-state index >= 15 is 0 Å². The summed E-state index contributed by atoms with van der Waals surface area (Å²) in [6.07, 6.45) is -0.847. The first-order valence-corrected chi connectivity index (χ1v) is 9.46. The summed E-state index contributed by atoms with van der Waals surface area (Å²) in [5.41, 5.74) is 0.363. The second-order valence-corrected chi connectivity index (χ2v) is 8.09. The molecule has 8 nitrogen and oxygen atoms in total. The summed E-state index contributed by atoms with van der Waals surface area (Å²) in [5, 5.41) is 0. The van der Waals surface area contributed by atoms with Crippen LogP contribution in [0.4, 0.5) is 9.59 Å². The van der Waals surface area contributed by atoms with Gasteiger partial charge in [-0.1, -0.05) is 30.3 Å². The monoisotopic (exact) mass is 389 g/mol. The largest absolute Gasteiger partial charge is 0.445 e. The summed E-state index contributed by atoms with van der Waals surface area (Å²) >= 11 is 0. The van der Waals surface area contributed by atoms with E-state index in [9.17, 15) is 14.4 Å². The molecule has 0 atom stereocenters. The lowest BCUT2D eigenvalue weighted by Crippen LogP contribution is -2.66. The molecule has 3 amide bonds. The quantitative estimate of drug-likeness (QED) is 0.791. The van der Waals surface area contributed by atoms with Gasteiger partial charge in [-0.25, -0.2) is 9.59 Å². The van der Waals surface area contributed by atoms with Gasteiger partial charge < -0.3 is 19.3 Å². The van der Waals surface area contributed by atoms with Crippen LogP contribution in [0.1, 0.15) is 26.3 Å². The summed E-state index contributed by atoms with van der Waals surface area (Å²) in [6, 6.07) is 9.39. The van der Waals surface area contributed by atoms with Crippen molar-refractivity contribution in [3.8, 4) is 0 Å². The molecule has 2 fully saturated rings. The molecule has 0 spiro atoms. The zero-order valence-corrected chi connectivity index (χ0v) is 16.6. The number of benzene rings is 1. The number of carbonyl (C=O) groups is 3. The highest BCUT2D eigenvalue weighted by atomic mass is 16.6. The van der Waals surface area contributed by atoms with Crippen molar-refractivity contribution in [1.82, 2.24) is 14.7 Å². The summed E-state index contributed by atoms with van der Waals surface area (Å²) < 4.78 is 10.6. The average Bonchev–Trinajstić information content (AvgIpc) is 2.59. The first-order chi connectivity index (χ1) is 13.2. The molecule has 3 rings (SSSR count). The SMILES string of the molecule is CC(C)(C)OC(=O)N1CC(N2CCN(C(=O)OCc3ccccc3)CC2=O)C1. The number of carbonyl (C=O) groups excluding carboxylic acids is 3. The molecular weight excluding hydrogens is 362 g/mol. The highest BCUT2D eigenvalue weighted by molar-refractivity contribution is 5.84. The lowest BCUT2D eigenvalue weighted by atomic mass is 10.1. The van der Waals surface area contributed by atoms with Gasteiger partial charge in [0.25, 0.3) is 0 Å². The van der Waals surface area contributed by atoms with Crippen LogP contribution in [0.2, 0.25) is 0 Å². The van der Waals surface area contributed by atoms with Crippen molar-refractivity contribution < 1.29 is 23.9 Å². The Hall–Kier alpha value is -2.77. The molecule has 1 aromatic rings. The molecule has 2 aliphatic heterocycles. The van der Waals surface area contributed by atoms with Crippen molar-refractivity contribution in [2.75, 3.05) is 32.7 Å². The molecule has 0 aliphatic carbocycles. The van der Waals surface area contributed by atoms with Gasteiger partial charge in [0.05, 0.1) is 6.04 Å². The molecule has 2 heterocycles. The van der Waals surface area contributed by atoms with Gasteiger partial charge >= 0.3 is 12.2 Å². The number of rotatable bonds is 3. The van der Waals surface area contributed by atoms with Crippen LogP contribution >= 0.6 is 0 Å². The van der Waals surface area contributed by atoms with Crippen molar-refractivity contribution >= 4 is 18.1 Å². The maximum absolute atomic E-state index is 12.5. The Labute approximate surface area is 165 Å². The zero-order chi connectivity index (χ0) is 20.3. The first-order valence-electron chi connectivity index (χ1n) is 9.46. The maximum atomic E-state index is 12.5. The van der Waals surface area contributed by atoms with Crippen molar-refractivity contribution in [3.63, 3.8) is 0 Å². The number of hydrogen-bond acceptors (Lipinski definition) is 5. The Morgan fingerprint density at radius 2 is 1.71 bits per heavy atom. The Bertz CT molecular complexity index is 725. The Morgan fingerprint density at radius 3 is 2.32 bits per heavy atom. The molecule has 0 N–H and O–H groups in total. The van der Waals surface area contributed by atoms with E-state index in [4.69, 9.17) is 9.47 Å². The lowest BCUT2D eigenvalue weighted by molar-refractivity contribution is -0.142. The highest BCUT2D eigenvalue weighted by Crippen LogP contribution is 2.21. The molecule has 0 saturated carbocycles. The Balaban J connectivity index is 1.42. The normalized spacial score (nSPS) is 18.0. The van der Waals surface area contributed by atoms with E-state index in [2.05, 4.69) is 0 Å². The fourth-order valence-corrected chi connectivity index (χ4v) is 3.17. The fraction of sp³-hybridized carbons (Fsp3) is 0.550. The third kappa shape index (κ3) is 4.94. The predicted octanol–water partition coefficient (Wildman–Crippen LogP) is 2.09. The van der Waals surface area contributed by atoms with Crippen molar-refractivity contribution in [2.24, 2.45) is 0 Å². The Kier molecular flexibility index (Phi) is 5.76. The summed E-state index contributed by atoms with van der Waals surface area (Å²) in [6.45, 7) is 7.41. The third-order valence-electron chi connectivity index (χ3n) is 4.68. The van der Waals surface area contributed by atoms with Crippen LogP contribution in [-0.2, 0) is 20.9 Å². The maximum Gasteiger partial charge on any atom is 0.410 e. The second-order valence-electron chi connectivity index (χ2n) is 8.09. The third-order valence-corrected chi connectivity index (χ3v) is 4.68. The van der Waals surface area contributed by atoms with Crippen LogP contribution in [0.15, 0.2) is 30.3 Å². The number of nitrogens with zero attached hydrogens (tertiary/aromatic N) is 3. The molecule has 1 aromatic carbocycles. The lowest BCUT2D eigenvalue weighted by Gasteiger charge is -2.47. The molecule has 0 aromatic heterocycles. The van der Waals surface area contributed by atoms with Gasteiger partial charge in [0.2, 0.25) is 5.91 Å². The molecule has 152 valence electrons. The van der Waals surface area contributed by atoms with Crippen LogP contribution in [0, 0.1) is 0 Å². The molecule has 0 unspecified atom stereocenters. The van der Waals surface area contributed by atoms with Crippen LogP contribution in [0.25, 0.3) is 0 Å². The molecule has 0 radical (unpaired) electrons. The zero-order valence-electron chi connectivity index (χ0n) is 16.6. The van der Waals surface area contributed by atoms with E-state index in [0.29, 0.717) is 26.2 Å². The van der Waals surface area contributed by atoms with Crippen molar-refractivity contribution in [3.05, 3.63) is 35.9 Å². The van der Waals surface area contributed by atoms with Crippen LogP contribution in [-0.4, -0.2) is 77.2 Å². The van der Waals surface area contributed by atoms with Crippen molar-refractivity contribution in [1.29, 1.82) is 0 Å². The van der Waals surface area contributed by atoms with Gasteiger partial charge in [0, 0.05) is 26.2 Å². The number of hydrogen-bond donors (Lipinski definition) is 0. The van der Waals surface area contributed by atoms with Gasteiger partial charge in [-0.05, 0) is 26.3 Å². The minimum absolute atomic E-state index is 0.00341. The van der Waals surface area contributed by atoms with Crippen LogP contribution in [0.3, 0.4) is 0 Å². The topological polar surface area (TPSA) is 79.4 Å². The minimum Gasteiger partial charge on any atom is -0.445 e. The first kappa shape index (κ1) is 20.0. The molecule has 0 bridgehead atoms. The number of piperazine rings is 1. The fourth-order valence-electron chi connectivity index (χ4n) is 3.17. The van der Waals surface area contributed by atoms with E-state index < -0.39 is 11.7 Å². The van der Waals surface area contributed by atoms with Crippen molar-refractivity contribution in [2.45, 2.75) is 39.0 Å². The molecule has 8 heteroatoms. The summed E-state index contributed by atoms with van der Waals surface area (Å²) in [7, 11) is 0. The van der Waals surface area contributed by atoms with E-state index in [1.807, 2.05) is 51.1 Å². The summed E-state index contributed by atoms with van der Waals surface area (Å²) in [5.74, 6) is -0.128. The molecule has 28 heavy (non-hydrogen) atoms. The minimum atomic E-state index is -0.538. The van der Waals surface area contributed by atoms with Gasteiger partial charge in [0.15, 0.2) is 0 Å². The van der Waals surface area contributed by atoms with Gasteiger partial charge in [-0.3, -0.25) is 9.69 Å². The van der Waals surface area contributed by atoms with E-state index in [1.165, 1.54) is 4.90 Å². The standard InChI is InChI=1S/C20H27N3O5/c1-20(2,3)28-19(26)22-11-16(12-22)23-10-9-21(13-17(23)24)18(25)27-14-15-7-5-4-6-8-15/h4-8,16H,9-14H2,1-3H3. The summed E-state index contributed by atoms with van der Waals surface area (Å²) in [4.78, 5) is 41.4. The molecule has 2 aliphatic rings. The molecule has 2 saturated heterocycles. The smallest absolute Gasteiger partial charge is 0.410 e. The van der Waals surface area contributed by atoms with E-state index in [0.717, 1.165) is 5.56 Å². The number of ether oxygens (including phenoxy) is 2. The Morgan fingerprint density at radius 1 is 1.04 bits per heavy atom. The van der Waals surface area contributed by atoms with Gasteiger partial charge in [-0.15, -0.1) is 0 Å². The van der Waals surface area contributed by atoms with Gasteiger partial charge in [-0.2, -0.15) is 0 Å². The highest BCUT2D eigenvalue weighted by Gasteiger charge is 2.41. The van der Waals surface area contributed by atoms with Crippen LogP contribution < -0.4 is 0 Å². The predicted molar refractivity (Wildman–Crippen MR) is 102 cm³/mol. The second kappa shape index (κ2) is 8.08. The number of likely N-dealkylation sites (tertiary alicyclic amines) is 1.